The molecule has 0 aromatic carbocycles. The minimum absolute atomic E-state index is 0.303. The van der Waals surface area contributed by atoms with Crippen molar-refractivity contribution in [3.63, 3.8) is 0 Å². The van der Waals surface area contributed by atoms with Gasteiger partial charge in [-0.2, -0.15) is 0 Å². The summed E-state index contributed by atoms with van der Waals surface area (Å²) in [5.74, 6) is -0.571. The van der Waals surface area contributed by atoms with Gasteiger partial charge in [0.05, 0.1) is 33.0 Å². The molecule has 1 heterocycles. The number of hydrogen-bond acceptors (Lipinski definition) is 5. The van der Waals surface area contributed by atoms with Crippen molar-refractivity contribution < 1.29 is 23.7 Å². The van der Waals surface area contributed by atoms with Crippen LogP contribution in [0.25, 0.3) is 0 Å². The average Bonchev–Trinajstić information content (AvgIpc) is 3.58. The second-order valence-electron chi connectivity index (χ2n) is 9.05. The highest BCUT2D eigenvalue weighted by Crippen LogP contribution is 2.30. The van der Waals surface area contributed by atoms with Gasteiger partial charge in [0.2, 0.25) is 0 Å². The lowest BCUT2D eigenvalue weighted by molar-refractivity contribution is -0.388. The van der Waals surface area contributed by atoms with E-state index in [4.69, 9.17) is 23.7 Å². The van der Waals surface area contributed by atoms with E-state index in [1.807, 2.05) is 0 Å². The maximum Gasteiger partial charge on any atom is 0.283 e. The highest BCUT2D eigenvalue weighted by atomic mass is 16.9. The molecule has 2 atom stereocenters. The van der Waals surface area contributed by atoms with Crippen molar-refractivity contribution >= 4 is 0 Å². The molecule has 1 aliphatic heterocycles. The van der Waals surface area contributed by atoms with Gasteiger partial charge in [-0.25, -0.2) is 0 Å². The van der Waals surface area contributed by atoms with Gasteiger partial charge in [0, 0.05) is 13.0 Å². The van der Waals surface area contributed by atoms with Crippen LogP contribution in [0.15, 0.2) is 0 Å². The Morgan fingerprint density at radius 1 is 0.742 bits per heavy atom. The first kappa shape index (κ1) is 28.8. The van der Waals surface area contributed by atoms with Crippen molar-refractivity contribution in [2.45, 2.75) is 123 Å². The molecule has 1 aliphatic rings. The molecule has 0 bridgehead atoms. The summed E-state index contributed by atoms with van der Waals surface area (Å²) < 4.78 is 30.4. The molecule has 0 spiro atoms. The van der Waals surface area contributed by atoms with Gasteiger partial charge in [-0.05, 0) is 31.6 Å². The van der Waals surface area contributed by atoms with Crippen LogP contribution < -0.4 is 0 Å². The largest absolute Gasteiger partial charge is 0.378 e. The van der Waals surface area contributed by atoms with E-state index in [1.165, 1.54) is 32.1 Å². The molecule has 5 heteroatoms. The fourth-order valence-electron chi connectivity index (χ4n) is 3.58. The third-order valence-electron chi connectivity index (χ3n) is 5.77. The van der Waals surface area contributed by atoms with Crippen LogP contribution in [0.4, 0.5) is 0 Å². The van der Waals surface area contributed by atoms with E-state index in [0.29, 0.717) is 38.4 Å². The monoisotopic (exact) mass is 444 g/mol. The topological polar surface area (TPSA) is 49.5 Å². The zero-order chi connectivity index (χ0) is 22.6. The zero-order valence-corrected chi connectivity index (χ0v) is 21.1. The second-order valence-corrected chi connectivity index (χ2v) is 9.05. The Morgan fingerprint density at radius 3 is 1.74 bits per heavy atom. The van der Waals surface area contributed by atoms with Crippen molar-refractivity contribution in [1.29, 1.82) is 0 Å². The van der Waals surface area contributed by atoms with Gasteiger partial charge in [0.1, 0.15) is 6.10 Å². The van der Waals surface area contributed by atoms with Crippen LogP contribution in [0.2, 0.25) is 0 Å². The molecule has 0 aliphatic carbocycles. The molecule has 1 saturated heterocycles. The first-order chi connectivity index (χ1) is 15.2. The molecule has 0 aromatic rings. The molecule has 5 nitrogen and oxygen atoms in total. The Morgan fingerprint density at radius 2 is 1.26 bits per heavy atom. The summed E-state index contributed by atoms with van der Waals surface area (Å²) in [6, 6.07) is 0. The molecule has 1 fully saturated rings. The van der Waals surface area contributed by atoms with Crippen LogP contribution in [0, 0.1) is 5.92 Å². The van der Waals surface area contributed by atoms with E-state index in [2.05, 4.69) is 27.7 Å². The van der Waals surface area contributed by atoms with Crippen molar-refractivity contribution in [3.05, 3.63) is 0 Å². The van der Waals surface area contributed by atoms with E-state index < -0.39 is 5.97 Å². The van der Waals surface area contributed by atoms with Gasteiger partial charge in [-0.15, -0.1) is 0 Å². The summed E-state index contributed by atoms with van der Waals surface area (Å²) in [4.78, 5) is 0. The molecule has 31 heavy (non-hydrogen) atoms. The Bertz CT molecular complexity index is 359. The van der Waals surface area contributed by atoms with Crippen molar-refractivity contribution in [2.75, 3.05) is 39.6 Å². The third kappa shape index (κ3) is 15.3. The minimum atomic E-state index is -0.937. The molecule has 0 N–H and O–H groups in total. The third-order valence-corrected chi connectivity index (χ3v) is 5.77. The standard InChI is InChI=1S/C26H52O5/c1-5-9-13-14-15-16-24(21-27-22-25-23-28-25)20-26(29-17-10-6-2,30-18-11-7-3)31-19-12-8-4/h24-25H,5-23H2,1-4H3. The number of ether oxygens (including phenoxy) is 5. The van der Waals surface area contributed by atoms with E-state index in [-0.39, 0.29) is 0 Å². The Labute approximate surface area is 192 Å². The average molecular weight is 445 g/mol. The van der Waals surface area contributed by atoms with Gasteiger partial charge < -0.3 is 23.7 Å². The van der Waals surface area contributed by atoms with Gasteiger partial charge in [-0.1, -0.05) is 79.1 Å². The number of epoxide rings is 1. The minimum Gasteiger partial charge on any atom is -0.378 e. The highest BCUT2D eigenvalue weighted by Gasteiger charge is 2.37. The Hall–Kier alpha value is -0.200. The molecule has 2 unspecified atom stereocenters. The summed E-state index contributed by atoms with van der Waals surface area (Å²) >= 11 is 0. The quantitative estimate of drug-likeness (QED) is 0.0923. The summed E-state index contributed by atoms with van der Waals surface area (Å²) in [6.07, 6.45) is 15.0. The fourth-order valence-corrected chi connectivity index (χ4v) is 3.58. The molecular formula is C26H52O5. The van der Waals surface area contributed by atoms with Crippen LogP contribution in [0.1, 0.15) is 111 Å². The highest BCUT2D eigenvalue weighted by molar-refractivity contribution is 4.71. The van der Waals surface area contributed by atoms with Crippen molar-refractivity contribution in [1.82, 2.24) is 0 Å². The van der Waals surface area contributed by atoms with E-state index in [0.717, 1.165) is 64.6 Å². The summed E-state index contributed by atoms with van der Waals surface area (Å²) in [5.41, 5.74) is 0. The molecule has 0 amide bonds. The van der Waals surface area contributed by atoms with Crippen LogP contribution in [-0.2, 0) is 23.7 Å². The molecule has 0 saturated carbocycles. The number of rotatable bonds is 24. The normalized spacial score (nSPS) is 17.2. The smallest absolute Gasteiger partial charge is 0.283 e. The summed E-state index contributed by atoms with van der Waals surface area (Å²) in [7, 11) is 0. The first-order valence-electron chi connectivity index (χ1n) is 13.3. The van der Waals surface area contributed by atoms with Gasteiger partial charge in [-0.3, -0.25) is 0 Å². The SMILES string of the molecule is CCCCCCCC(COCC1CO1)CC(OCCCC)(OCCCC)OCCCC. The summed E-state index contributed by atoms with van der Waals surface area (Å²) in [6.45, 7) is 13.1. The molecular weight excluding hydrogens is 392 g/mol. The van der Waals surface area contributed by atoms with E-state index >= 15 is 0 Å². The second kappa shape index (κ2) is 19.3. The van der Waals surface area contributed by atoms with Gasteiger partial charge >= 0.3 is 0 Å². The van der Waals surface area contributed by atoms with Crippen LogP contribution >= 0.6 is 0 Å². The molecule has 1 rings (SSSR count). The van der Waals surface area contributed by atoms with E-state index in [1.54, 1.807) is 0 Å². The molecule has 0 aromatic heterocycles. The molecule has 186 valence electrons. The van der Waals surface area contributed by atoms with E-state index in [9.17, 15) is 0 Å². The first-order valence-corrected chi connectivity index (χ1v) is 13.3. The maximum atomic E-state index is 6.35. The fraction of sp³-hybridized carbons (Fsp3) is 1.00. The summed E-state index contributed by atoms with van der Waals surface area (Å²) in [5, 5.41) is 0. The zero-order valence-electron chi connectivity index (χ0n) is 21.1. The lowest BCUT2D eigenvalue weighted by Gasteiger charge is -2.36. The Balaban J connectivity index is 2.75. The lowest BCUT2D eigenvalue weighted by Crippen LogP contribution is -2.43. The van der Waals surface area contributed by atoms with Crippen LogP contribution in [-0.4, -0.2) is 51.7 Å². The lowest BCUT2D eigenvalue weighted by atomic mass is 9.96. The number of unbranched alkanes of at least 4 members (excludes halogenated alkanes) is 7. The van der Waals surface area contributed by atoms with Gasteiger partial charge in [0.15, 0.2) is 0 Å². The number of hydrogen-bond donors (Lipinski definition) is 0. The predicted octanol–water partition coefficient (Wildman–Crippen LogP) is 6.87. The van der Waals surface area contributed by atoms with Crippen LogP contribution in [0.5, 0.6) is 0 Å². The Kier molecular flexibility index (Phi) is 17.9. The predicted molar refractivity (Wildman–Crippen MR) is 127 cm³/mol. The molecule has 0 radical (unpaired) electrons. The van der Waals surface area contributed by atoms with Crippen molar-refractivity contribution in [3.8, 4) is 0 Å². The van der Waals surface area contributed by atoms with Gasteiger partial charge in [0.25, 0.3) is 5.97 Å². The van der Waals surface area contributed by atoms with Crippen molar-refractivity contribution in [2.24, 2.45) is 5.92 Å². The maximum absolute atomic E-state index is 6.35. The van der Waals surface area contributed by atoms with Crippen LogP contribution in [0.3, 0.4) is 0 Å².